The number of carbonyl (C=O) groups excluding carboxylic acids is 4. The third kappa shape index (κ3) is 10.8. The van der Waals surface area contributed by atoms with Crippen LogP contribution in [0.25, 0.3) is 21.5 Å². The van der Waals surface area contributed by atoms with E-state index < -0.39 is 41.1 Å². The van der Waals surface area contributed by atoms with Gasteiger partial charge in [0.2, 0.25) is 5.82 Å². The van der Waals surface area contributed by atoms with Crippen LogP contribution in [0.1, 0.15) is 83.7 Å². The van der Waals surface area contributed by atoms with E-state index in [1.807, 2.05) is 19.1 Å². The van der Waals surface area contributed by atoms with E-state index in [4.69, 9.17) is 0 Å². The van der Waals surface area contributed by atoms with Crippen molar-refractivity contribution >= 4 is 45.7 Å². The molecule has 10 rings (SSSR count). The number of benzene rings is 4. The van der Waals surface area contributed by atoms with Crippen LogP contribution < -0.4 is 16.4 Å². The number of aryl methyl sites for hydroxylation is 1. The second kappa shape index (κ2) is 21.8. The van der Waals surface area contributed by atoms with Gasteiger partial charge in [0, 0.05) is 68.7 Å². The minimum absolute atomic E-state index is 0.0305. The van der Waals surface area contributed by atoms with Crippen LogP contribution in [-0.2, 0) is 54.7 Å². The third-order valence-corrected chi connectivity index (χ3v) is 12.4. The lowest BCUT2D eigenvalue weighted by Crippen LogP contribution is -2.40. The Morgan fingerprint density at radius 1 is 0.730 bits per heavy atom. The Balaban J connectivity index is 0.000000183. The molecule has 0 aliphatic carbocycles. The Bertz CT molecular complexity index is 3570. The predicted octanol–water partition coefficient (Wildman–Crippen LogP) is 5.88. The molecule has 4 aromatic heterocycles. The molecule has 0 spiro atoms. The van der Waals surface area contributed by atoms with E-state index in [-0.39, 0.29) is 59.9 Å². The Kier molecular flexibility index (Phi) is 15.2. The maximum atomic E-state index is 14.8. The van der Waals surface area contributed by atoms with Crippen LogP contribution in [0.15, 0.2) is 101 Å². The smallest absolute Gasteiger partial charge is 0.449 e. The van der Waals surface area contributed by atoms with Crippen molar-refractivity contribution in [3.8, 4) is 0 Å². The summed E-state index contributed by atoms with van der Waals surface area (Å²) < 4.78 is 77.0. The first-order valence-corrected chi connectivity index (χ1v) is 23.0. The Labute approximate surface area is 416 Å². The van der Waals surface area contributed by atoms with Gasteiger partial charge in [-0.25, -0.2) is 28.9 Å². The summed E-state index contributed by atoms with van der Waals surface area (Å²) >= 11 is 0. The van der Waals surface area contributed by atoms with Gasteiger partial charge in [-0.15, -0.1) is 0 Å². The van der Waals surface area contributed by atoms with E-state index in [1.54, 1.807) is 66.6 Å². The highest BCUT2D eigenvalue weighted by molar-refractivity contribution is 5.96. The van der Waals surface area contributed by atoms with Crippen LogP contribution in [0.4, 0.5) is 22.0 Å². The van der Waals surface area contributed by atoms with E-state index in [9.17, 15) is 50.7 Å². The highest BCUT2D eigenvalue weighted by Crippen LogP contribution is 2.33. The van der Waals surface area contributed by atoms with Crippen molar-refractivity contribution in [2.75, 3.05) is 26.7 Å². The van der Waals surface area contributed by atoms with Crippen LogP contribution in [-0.4, -0.2) is 100 Å². The molecule has 0 atom stereocenters. The van der Waals surface area contributed by atoms with Gasteiger partial charge in [0.25, 0.3) is 35.3 Å². The van der Waals surface area contributed by atoms with Gasteiger partial charge >= 0.3 is 6.18 Å². The topological polar surface area (TPSA) is 223 Å². The number of carbonyl (C=O) groups is 4. The van der Waals surface area contributed by atoms with E-state index in [0.717, 1.165) is 33.1 Å². The monoisotopic (exact) mass is 1020 g/mol. The third-order valence-electron chi connectivity index (χ3n) is 12.4. The first-order chi connectivity index (χ1) is 35.5. The molecule has 2 aliphatic rings. The fourth-order valence-corrected chi connectivity index (χ4v) is 8.74. The highest BCUT2D eigenvalue weighted by Gasteiger charge is 2.42. The number of rotatable bonds is 9. The molecule has 2 aliphatic heterocycles. The molecular formula is C51H46F5N11O7. The van der Waals surface area contributed by atoms with Gasteiger partial charge in [0.15, 0.2) is 5.69 Å². The minimum atomic E-state index is -4.80. The number of amides is 3. The van der Waals surface area contributed by atoms with E-state index in [0.29, 0.717) is 72.2 Å². The molecular weight excluding hydrogens is 974 g/mol. The van der Waals surface area contributed by atoms with Crippen molar-refractivity contribution in [1.82, 2.24) is 54.6 Å². The zero-order chi connectivity index (χ0) is 52.8. The Morgan fingerprint density at radius 3 is 1.70 bits per heavy atom. The number of ether oxygens (including phenoxy) is 1. The fraction of sp³-hybridized carbons (Fsp3) is 0.255. The average molecular weight is 1020 g/mol. The molecule has 0 unspecified atom stereocenters. The van der Waals surface area contributed by atoms with Crippen LogP contribution in [0.3, 0.4) is 0 Å². The van der Waals surface area contributed by atoms with Crippen LogP contribution >= 0.6 is 0 Å². The summed E-state index contributed by atoms with van der Waals surface area (Å²) in [5, 5.41) is 17.8. The number of aromatic amines is 2. The zero-order valence-electron chi connectivity index (χ0n) is 39.9. The Morgan fingerprint density at radius 2 is 1.23 bits per heavy atom. The van der Waals surface area contributed by atoms with Gasteiger partial charge in [-0.3, -0.25) is 28.8 Å². The number of imidazole rings is 2. The number of H-pyrrole nitrogens is 2. The molecule has 18 nitrogen and oxygen atoms in total. The van der Waals surface area contributed by atoms with Crippen molar-refractivity contribution in [3.63, 3.8) is 0 Å². The van der Waals surface area contributed by atoms with E-state index >= 15 is 0 Å². The molecule has 0 fully saturated rings. The summed E-state index contributed by atoms with van der Waals surface area (Å²) in [5.74, 6) is -3.72. The van der Waals surface area contributed by atoms with Gasteiger partial charge in [0.1, 0.15) is 17.5 Å². The quantitative estimate of drug-likeness (QED) is 0.114. The first-order valence-electron chi connectivity index (χ1n) is 23.0. The average Bonchev–Trinajstić information content (AvgIpc) is 3.99. The number of aromatic nitrogens is 8. The van der Waals surface area contributed by atoms with Crippen molar-refractivity contribution in [3.05, 3.63) is 186 Å². The van der Waals surface area contributed by atoms with E-state index in [2.05, 4.69) is 45.0 Å². The predicted molar refractivity (Wildman–Crippen MR) is 258 cm³/mol. The molecule has 8 aromatic rings. The lowest BCUT2D eigenvalue weighted by Gasteiger charge is -2.30. The summed E-state index contributed by atoms with van der Waals surface area (Å²) in [5.41, 5.74) is 2.12. The van der Waals surface area contributed by atoms with Crippen molar-refractivity contribution in [1.29, 1.82) is 0 Å². The van der Waals surface area contributed by atoms with Gasteiger partial charge in [-0.05, 0) is 61.4 Å². The van der Waals surface area contributed by atoms with Crippen molar-refractivity contribution in [2.45, 2.75) is 59.0 Å². The van der Waals surface area contributed by atoms with Crippen LogP contribution in [0.5, 0.6) is 0 Å². The van der Waals surface area contributed by atoms with Gasteiger partial charge in [0.05, 0.1) is 58.7 Å². The summed E-state index contributed by atoms with van der Waals surface area (Å²) in [6.07, 6.45) is -2.47. The number of alkyl halides is 3. The SMILES string of the molecule is CCOC=O.CNC(=O)c1nc(C(F)(F)F)n2c1CN(C(=O)c1cc(Cc3n[nH]c(=O)c4ccccc34)ccc1F)CC2.Cc1cnc2n1CCN(C(=O)c1cc(Cc3n[nH]c(=O)c4ccccc34)ccc1F)C2. The normalized spacial score (nSPS) is 13.0. The standard InChI is InChI=1S/C25H20F4N6O3.C23H20FN5O2.C3H6O2/c1-30-22(37)20-19-12-34(8-9-35(19)24(31-20)25(27,28)29)23(38)16-10-13(6-7-17(16)26)11-18-14-4-2-3-5-15(14)21(36)33-32-18;1-14-12-25-21-13-28(8-9-29(14)21)23(31)18-10-15(6-7-19(18)24)11-20-16-4-2-3-5-17(16)22(30)27-26-20;1-2-5-3-4/h2-7,10H,8-9,11-12H2,1H3,(H,30,37)(H,33,36);2-7,10,12H,8-9,11,13H2,1H3,(H,27,30);3H,2H2,1H3. The molecule has 3 N–H and O–H groups in total. The molecule has 3 amide bonds. The molecule has 4 aromatic carbocycles. The summed E-state index contributed by atoms with van der Waals surface area (Å²) in [6.45, 7) is 5.36. The molecule has 0 saturated carbocycles. The number of nitrogens with zero attached hydrogens (tertiary/aromatic N) is 8. The van der Waals surface area contributed by atoms with Gasteiger partial charge in [-0.2, -0.15) is 23.4 Å². The second-order valence-electron chi connectivity index (χ2n) is 17.0. The molecule has 0 bridgehead atoms. The van der Waals surface area contributed by atoms with Crippen LogP contribution in [0.2, 0.25) is 0 Å². The summed E-state index contributed by atoms with van der Waals surface area (Å²) in [6, 6.07) is 22.6. The lowest BCUT2D eigenvalue weighted by atomic mass is 10.0. The first kappa shape index (κ1) is 51.5. The number of fused-ring (bicyclic) bond motifs is 4. The molecule has 6 heterocycles. The fourth-order valence-electron chi connectivity index (χ4n) is 8.74. The Hall–Kier alpha value is -8.89. The van der Waals surface area contributed by atoms with E-state index in [1.165, 1.54) is 30.1 Å². The molecule has 382 valence electrons. The summed E-state index contributed by atoms with van der Waals surface area (Å²) in [7, 11) is 1.26. The molecule has 23 heteroatoms. The lowest BCUT2D eigenvalue weighted by molar-refractivity contribution is -0.147. The molecule has 74 heavy (non-hydrogen) atoms. The number of hydrogen-bond acceptors (Lipinski definition) is 11. The maximum Gasteiger partial charge on any atom is 0.449 e. The number of halogens is 5. The van der Waals surface area contributed by atoms with Gasteiger partial charge in [-0.1, -0.05) is 48.5 Å². The maximum absolute atomic E-state index is 14.8. The molecule has 0 radical (unpaired) electrons. The van der Waals surface area contributed by atoms with Gasteiger partial charge < -0.3 is 29.0 Å². The van der Waals surface area contributed by atoms with Crippen molar-refractivity contribution < 1.29 is 45.9 Å². The molecule has 0 saturated heterocycles. The minimum Gasteiger partial charge on any atom is -0.468 e. The van der Waals surface area contributed by atoms with Crippen LogP contribution in [0, 0.1) is 18.6 Å². The number of nitrogens with one attached hydrogen (secondary N) is 3. The highest BCUT2D eigenvalue weighted by atomic mass is 19.4. The number of hydrogen-bond donors (Lipinski definition) is 3. The second-order valence-corrected chi connectivity index (χ2v) is 17.0. The summed E-state index contributed by atoms with van der Waals surface area (Å²) in [4.78, 5) is 82.5. The van der Waals surface area contributed by atoms with Crippen molar-refractivity contribution in [2.24, 2.45) is 0 Å². The largest absolute Gasteiger partial charge is 0.468 e. The zero-order valence-corrected chi connectivity index (χ0v) is 39.9.